The van der Waals surface area contributed by atoms with Gasteiger partial charge in [0.05, 0.1) is 12.6 Å². The molecule has 0 aliphatic rings. The second-order valence-electron chi connectivity index (χ2n) is 4.87. The average Bonchev–Trinajstić information content (AvgIpc) is 2.54. The lowest BCUT2D eigenvalue weighted by molar-refractivity contribution is 0.0674. The number of likely N-dealkylation sites (N-methyl/N-ethyl adjacent to an activating group) is 1. The smallest absolute Gasteiger partial charge is 0.274 e. The number of halogens is 1. The number of carbonyl (C=O) groups is 1. The number of hydrogen-bond donors (Lipinski definition) is 1. The van der Waals surface area contributed by atoms with Crippen LogP contribution in [0.5, 0.6) is 0 Å². The molecule has 1 amide bonds. The molecule has 1 heterocycles. The number of nitrogens with zero attached hydrogens (tertiary/aromatic N) is 3. The molecule has 7 heteroatoms. The van der Waals surface area contributed by atoms with Crippen LogP contribution in [-0.4, -0.2) is 45.4 Å². The first-order valence-corrected chi connectivity index (χ1v) is 6.69. The third-order valence-corrected chi connectivity index (χ3v) is 3.35. The molecule has 0 fully saturated rings. The molecule has 2 aromatic rings. The van der Waals surface area contributed by atoms with Crippen molar-refractivity contribution >= 4 is 5.91 Å². The van der Waals surface area contributed by atoms with Crippen LogP contribution >= 0.6 is 0 Å². The van der Waals surface area contributed by atoms with Crippen LogP contribution in [0, 0.1) is 5.82 Å². The van der Waals surface area contributed by atoms with Crippen molar-refractivity contribution in [3.63, 3.8) is 0 Å². The Balaban J connectivity index is 2.46. The van der Waals surface area contributed by atoms with Crippen LogP contribution in [0.1, 0.15) is 17.4 Å². The molecule has 1 aromatic heterocycles. The van der Waals surface area contributed by atoms with E-state index in [1.165, 1.54) is 36.2 Å². The predicted molar refractivity (Wildman–Crippen MR) is 78.4 cm³/mol. The number of hydrogen-bond acceptors (Lipinski definition) is 4. The molecule has 1 aromatic carbocycles. The first-order chi connectivity index (χ1) is 10.5. The zero-order chi connectivity index (χ0) is 16.3. The third-order valence-electron chi connectivity index (χ3n) is 3.35. The molecule has 0 saturated carbocycles. The van der Waals surface area contributed by atoms with E-state index in [0.29, 0.717) is 0 Å². The van der Waals surface area contributed by atoms with Crippen LogP contribution in [0.4, 0.5) is 4.39 Å². The monoisotopic (exact) mass is 305 g/mol. The van der Waals surface area contributed by atoms with E-state index in [1.54, 1.807) is 13.0 Å². The van der Waals surface area contributed by atoms with Crippen LogP contribution in [0.25, 0.3) is 5.69 Å². The number of aliphatic hydroxyl groups is 1. The van der Waals surface area contributed by atoms with Crippen molar-refractivity contribution in [2.24, 2.45) is 0 Å². The molecule has 1 unspecified atom stereocenters. The lowest BCUT2D eigenvalue weighted by Crippen LogP contribution is -2.38. The summed E-state index contributed by atoms with van der Waals surface area (Å²) < 4.78 is 14.6. The molecule has 2 rings (SSSR count). The van der Waals surface area contributed by atoms with E-state index < -0.39 is 23.3 Å². The molecule has 116 valence electrons. The van der Waals surface area contributed by atoms with Crippen LogP contribution in [0.2, 0.25) is 0 Å². The quantitative estimate of drug-likeness (QED) is 0.907. The van der Waals surface area contributed by atoms with E-state index in [0.717, 1.165) is 10.7 Å². The second kappa shape index (κ2) is 6.48. The van der Waals surface area contributed by atoms with Gasteiger partial charge in [0.1, 0.15) is 17.2 Å². The first-order valence-electron chi connectivity index (χ1n) is 6.69. The van der Waals surface area contributed by atoms with Gasteiger partial charge in [-0.2, -0.15) is 9.78 Å². The van der Waals surface area contributed by atoms with E-state index in [2.05, 4.69) is 5.10 Å². The van der Waals surface area contributed by atoms with Gasteiger partial charge in [0, 0.05) is 13.1 Å². The second-order valence-corrected chi connectivity index (χ2v) is 4.87. The highest BCUT2D eigenvalue weighted by atomic mass is 19.1. The summed E-state index contributed by atoms with van der Waals surface area (Å²) in [5, 5.41) is 13.0. The van der Waals surface area contributed by atoms with Gasteiger partial charge < -0.3 is 10.0 Å². The zero-order valence-electron chi connectivity index (χ0n) is 12.2. The fraction of sp³-hybridized carbons (Fsp3) is 0.267. The van der Waals surface area contributed by atoms with Gasteiger partial charge in [-0.15, -0.1) is 0 Å². The molecule has 6 nitrogen and oxygen atoms in total. The molecule has 1 N–H and O–H groups in total. The van der Waals surface area contributed by atoms with Crippen molar-refractivity contribution in [3.05, 3.63) is 58.3 Å². The van der Waals surface area contributed by atoms with Gasteiger partial charge in [-0.3, -0.25) is 9.59 Å². The van der Waals surface area contributed by atoms with Crippen molar-refractivity contribution in [2.75, 3.05) is 13.7 Å². The summed E-state index contributed by atoms with van der Waals surface area (Å²) in [5.41, 5.74) is -0.579. The molecular formula is C15H16FN3O3. The highest BCUT2D eigenvalue weighted by Gasteiger charge is 2.19. The van der Waals surface area contributed by atoms with Gasteiger partial charge in [-0.25, -0.2) is 4.39 Å². The summed E-state index contributed by atoms with van der Waals surface area (Å²) in [6, 6.07) is 7.71. The Morgan fingerprint density at radius 2 is 2.05 bits per heavy atom. The van der Waals surface area contributed by atoms with Crippen LogP contribution in [0.3, 0.4) is 0 Å². The molecule has 22 heavy (non-hydrogen) atoms. The Kier molecular flexibility index (Phi) is 4.67. The van der Waals surface area contributed by atoms with E-state index >= 15 is 0 Å². The molecule has 0 bridgehead atoms. The van der Waals surface area contributed by atoms with Crippen LogP contribution in [0.15, 0.2) is 41.2 Å². The number of para-hydroxylation sites is 1. The van der Waals surface area contributed by atoms with Gasteiger partial charge in [-0.05, 0) is 25.1 Å². The third kappa shape index (κ3) is 3.04. The normalized spacial score (nSPS) is 12.0. The fourth-order valence-corrected chi connectivity index (χ4v) is 1.82. The largest absolute Gasteiger partial charge is 0.394 e. The minimum Gasteiger partial charge on any atom is -0.394 e. The molecule has 0 saturated heterocycles. The minimum absolute atomic E-state index is 0.00865. The maximum Gasteiger partial charge on any atom is 0.274 e. The topological polar surface area (TPSA) is 75.4 Å². The van der Waals surface area contributed by atoms with Crippen molar-refractivity contribution < 1.29 is 14.3 Å². The number of benzene rings is 1. The summed E-state index contributed by atoms with van der Waals surface area (Å²) in [6.45, 7) is 1.47. The summed E-state index contributed by atoms with van der Waals surface area (Å²) in [4.78, 5) is 25.4. The Bertz CT molecular complexity index is 745. The summed E-state index contributed by atoms with van der Waals surface area (Å²) in [5.74, 6) is -1.08. The van der Waals surface area contributed by atoms with Crippen molar-refractivity contribution in [2.45, 2.75) is 13.0 Å². The lowest BCUT2D eigenvalue weighted by Gasteiger charge is -2.22. The van der Waals surface area contributed by atoms with Gasteiger partial charge in [0.15, 0.2) is 0 Å². The van der Waals surface area contributed by atoms with Crippen LogP contribution < -0.4 is 5.56 Å². The number of aromatic nitrogens is 2. The summed E-state index contributed by atoms with van der Waals surface area (Å²) in [7, 11) is 1.52. The summed E-state index contributed by atoms with van der Waals surface area (Å²) >= 11 is 0. The Morgan fingerprint density at radius 3 is 2.68 bits per heavy atom. The van der Waals surface area contributed by atoms with Gasteiger partial charge in [-0.1, -0.05) is 12.1 Å². The Hall–Kier alpha value is -2.54. The molecule has 0 aliphatic carbocycles. The maximum absolute atomic E-state index is 13.8. The number of carbonyl (C=O) groups excluding carboxylic acids is 1. The molecule has 0 spiro atoms. The van der Waals surface area contributed by atoms with Crippen molar-refractivity contribution in [1.82, 2.24) is 14.7 Å². The standard InChI is InChI=1S/C15H16FN3O3/c1-10(9-20)18(2)15(22)12-7-8-14(21)19(17-12)13-6-4-3-5-11(13)16/h3-8,10,20H,9H2,1-2H3. The van der Waals surface area contributed by atoms with Crippen molar-refractivity contribution in [1.29, 1.82) is 0 Å². The average molecular weight is 305 g/mol. The summed E-state index contributed by atoms with van der Waals surface area (Å²) in [6.07, 6.45) is 0. The van der Waals surface area contributed by atoms with Gasteiger partial charge in [0.25, 0.3) is 11.5 Å². The highest BCUT2D eigenvalue weighted by molar-refractivity contribution is 5.92. The van der Waals surface area contributed by atoms with E-state index in [4.69, 9.17) is 5.11 Å². The molecule has 1 atom stereocenters. The van der Waals surface area contributed by atoms with Gasteiger partial charge in [0.2, 0.25) is 0 Å². The molecular weight excluding hydrogens is 289 g/mol. The van der Waals surface area contributed by atoms with E-state index in [1.807, 2.05) is 0 Å². The minimum atomic E-state index is -0.612. The maximum atomic E-state index is 13.8. The number of rotatable bonds is 4. The van der Waals surface area contributed by atoms with E-state index in [-0.39, 0.29) is 18.0 Å². The zero-order valence-corrected chi connectivity index (χ0v) is 12.2. The lowest BCUT2D eigenvalue weighted by atomic mass is 10.2. The highest BCUT2D eigenvalue weighted by Crippen LogP contribution is 2.10. The van der Waals surface area contributed by atoms with Gasteiger partial charge >= 0.3 is 0 Å². The SMILES string of the molecule is CC(CO)N(C)C(=O)c1ccc(=O)n(-c2ccccc2F)n1. The Labute approximate surface area is 126 Å². The number of amides is 1. The number of aliphatic hydroxyl groups excluding tert-OH is 1. The predicted octanol–water partition coefficient (Wildman–Crippen LogP) is 0.824. The molecule has 0 radical (unpaired) electrons. The fourth-order valence-electron chi connectivity index (χ4n) is 1.82. The Morgan fingerprint density at radius 1 is 1.36 bits per heavy atom. The molecule has 0 aliphatic heterocycles. The van der Waals surface area contributed by atoms with Crippen molar-refractivity contribution in [3.8, 4) is 5.69 Å². The first kappa shape index (κ1) is 15.8. The van der Waals surface area contributed by atoms with Crippen LogP contribution in [-0.2, 0) is 0 Å². The van der Waals surface area contributed by atoms with E-state index in [9.17, 15) is 14.0 Å².